The highest BCUT2D eigenvalue weighted by Gasteiger charge is 2.03. The molecule has 0 rings (SSSR count). The predicted molar refractivity (Wildman–Crippen MR) is 31.4 cm³/mol. The van der Waals surface area contributed by atoms with E-state index in [1.54, 1.807) is 0 Å². The Labute approximate surface area is 62.0 Å². The number of halogens is 1. The molecule has 2 N–H and O–H groups in total. The van der Waals surface area contributed by atoms with Gasteiger partial charge in [0.2, 0.25) is 0 Å². The lowest BCUT2D eigenvalue weighted by Gasteiger charge is -2.03. The van der Waals surface area contributed by atoms with E-state index in [0.29, 0.717) is 0 Å². The molecule has 0 saturated carbocycles. The number of hydrogen-bond donors (Lipinski definition) is 2. The van der Waals surface area contributed by atoms with E-state index in [1.807, 2.05) is 0 Å². The molecule has 0 aromatic heterocycles. The highest BCUT2D eigenvalue weighted by molar-refractivity contribution is 6.61. The molecule has 5 nitrogen and oxygen atoms in total. The van der Waals surface area contributed by atoms with Crippen LogP contribution >= 0.6 is 11.6 Å². The minimum Gasteiger partial charge on any atom is -0.394 e. The van der Waals surface area contributed by atoms with Gasteiger partial charge in [0.1, 0.15) is 12.7 Å². The van der Waals surface area contributed by atoms with Gasteiger partial charge in [0.05, 0.1) is 6.61 Å². The quantitative estimate of drug-likeness (QED) is 0.343. The maximum absolute atomic E-state index is 9.79. The first-order chi connectivity index (χ1) is 4.66. The fraction of sp³-hybridized carbons (Fsp3) is 0.750. The van der Waals surface area contributed by atoms with E-state index < -0.39 is 18.1 Å². The fourth-order valence-electron chi connectivity index (χ4n) is 0.212. The number of carbonyl (C=O) groups excluding carboxylic acids is 1. The fourth-order valence-corrected chi connectivity index (χ4v) is 0.256. The first-order valence-electron chi connectivity index (χ1n) is 2.44. The van der Waals surface area contributed by atoms with Crippen LogP contribution in [0.3, 0.4) is 0 Å². The van der Waals surface area contributed by atoms with Gasteiger partial charge in [-0.2, -0.15) is 4.89 Å². The Bertz CT molecular complexity index is 106. The molecule has 0 aliphatic rings. The normalized spacial score (nSPS) is 12.7. The minimum absolute atomic E-state index is 0.297. The van der Waals surface area contributed by atoms with Gasteiger partial charge in [-0.15, -0.1) is 0 Å². The van der Waals surface area contributed by atoms with Crippen LogP contribution in [0.2, 0.25) is 0 Å². The van der Waals surface area contributed by atoms with Crippen molar-refractivity contribution in [3.63, 3.8) is 0 Å². The van der Waals surface area contributed by atoms with Crippen LogP contribution in [0.5, 0.6) is 0 Å². The van der Waals surface area contributed by atoms with Gasteiger partial charge in [-0.25, -0.2) is 4.79 Å². The summed E-state index contributed by atoms with van der Waals surface area (Å²) in [7, 11) is 0. The van der Waals surface area contributed by atoms with Gasteiger partial charge >= 0.3 is 5.43 Å². The molecule has 6 heteroatoms. The Kier molecular flexibility index (Phi) is 5.23. The lowest BCUT2D eigenvalue weighted by Crippen LogP contribution is -2.19. The Morgan fingerprint density at radius 3 is 2.70 bits per heavy atom. The number of hydrogen-bond acceptors (Lipinski definition) is 5. The third kappa shape index (κ3) is 5.77. The van der Waals surface area contributed by atoms with Crippen LogP contribution in [0.4, 0.5) is 4.79 Å². The van der Waals surface area contributed by atoms with Crippen LogP contribution in [0.1, 0.15) is 0 Å². The predicted octanol–water partition coefficient (Wildman–Crippen LogP) is -0.353. The van der Waals surface area contributed by atoms with Crippen molar-refractivity contribution >= 4 is 17.0 Å². The zero-order chi connectivity index (χ0) is 7.98. The van der Waals surface area contributed by atoms with E-state index in [9.17, 15) is 4.79 Å². The molecule has 0 aromatic rings. The summed E-state index contributed by atoms with van der Waals surface area (Å²) in [4.78, 5) is 17.6. The molecule has 0 aliphatic carbocycles. The summed E-state index contributed by atoms with van der Waals surface area (Å²) in [5.74, 6) is 0. The molecule has 0 heterocycles. The number of aliphatic hydroxyl groups is 2. The lowest BCUT2D eigenvalue weighted by molar-refractivity contribution is -0.247. The third-order valence-electron chi connectivity index (χ3n) is 0.596. The summed E-state index contributed by atoms with van der Waals surface area (Å²) < 4.78 is 0. The van der Waals surface area contributed by atoms with Gasteiger partial charge in [0, 0.05) is 11.6 Å². The average Bonchev–Trinajstić information content (AvgIpc) is 1.87. The van der Waals surface area contributed by atoms with Crippen LogP contribution in [-0.2, 0) is 9.78 Å². The molecule has 10 heavy (non-hydrogen) atoms. The van der Waals surface area contributed by atoms with Gasteiger partial charge in [-0.05, 0) is 0 Å². The SMILES string of the molecule is O=C(Cl)OOCC(O)CO. The summed E-state index contributed by atoms with van der Waals surface area (Å²) >= 11 is 4.67. The van der Waals surface area contributed by atoms with Crippen molar-refractivity contribution < 1.29 is 24.8 Å². The van der Waals surface area contributed by atoms with Crippen molar-refractivity contribution in [1.29, 1.82) is 0 Å². The molecule has 0 radical (unpaired) electrons. The van der Waals surface area contributed by atoms with E-state index in [4.69, 9.17) is 10.2 Å². The Hall–Kier alpha value is -0.360. The van der Waals surface area contributed by atoms with Crippen molar-refractivity contribution in [2.45, 2.75) is 6.10 Å². The van der Waals surface area contributed by atoms with Crippen molar-refractivity contribution in [1.82, 2.24) is 0 Å². The number of rotatable bonds is 4. The number of carbonyl (C=O) groups is 1. The van der Waals surface area contributed by atoms with Gasteiger partial charge in [-0.1, -0.05) is 0 Å². The molecular formula is C4H7ClO5. The Balaban J connectivity index is 3.11. The van der Waals surface area contributed by atoms with Crippen LogP contribution in [0.25, 0.3) is 0 Å². The highest BCUT2D eigenvalue weighted by atomic mass is 35.5. The lowest BCUT2D eigenvalue weighted by atomic mass is 10.4. The molecule has 0 aromatic carbocycles. The van der Waals surface area contributed by atoms with E-state index in [2.05, 4.69) is 21.4 Å². The second-order valence-corrected chi connectivity index (χ2v) is 1.75. The smallest absolute Gasteiger partial charge is 0.394 e. The molecule has 1 unspecified atom stereocenters. The summed E-state index contributed by atoms with van der Waals surface area (Å²) in [6.45, 7) is -0.755. The highest BCUT2D eigenvalue weighted by Crippen LogP contribution is 1.90. The first-order valence-corrected chi connectivity index (χ1v) is 2.82. The summed E-state index contributed by atoms with van der Waals surface area (Å²) in [6, 6.07) is 0. The monoisotopic (exact) mass is 170 g/mol. The van der Waals surface area contributed by atoms with Crippen molar-refractivity contribution in [3.05, 3.63) is 0 Å². The molecule has 0 saturated heterocycles. The maximum atomic E-state index is 9.79. The zero-order valence-electron chi connectivity index (χ0n) is 4.99. The van der Waals surface area contributed by atoms with Crippen molar-refractivity contribution in [3.8, 4) is 0 Å². The molecule has 0 spiro atoms. The van der Waals surface area contributed by atoms with Gasteiger partial charge < -0.3 is 10.2 Å². The molecular weight excluding hydrogens is 163 g/mol. The summed E-state index contributed by atoms with van der Waals surface area (Å²) in [5.41, 5.74) is -1.12. The standard InChI is InChI=1S/C4H7ClO5/c5-4(8)10-9-2-3(7)1-6/h3,6-7H,1-2H2. The topological polar surface area (TPSA) is 76.0 Å². The van der Waals surface area contributed by atoms with Gasteiger partial charge in [0.25, 0.3) is 0 Å². The molecule has 0 bridgehead atoms. The average molecular weight is 171 g/mol. The van der Waals surface area contributed by atoms with Crippen molar-refractivity contribution in [2.24, 2.45) is 0 Å². The molecule has 1 atom stereocenters. The summed E-state index contributed by atoms with van der Waals surface area (Å²) in [5, 5.41) is 16.8. The van der Waals surface area contributed by atoms with Crippen LogP contribution in [0, 0.1) is 0 Å². The van der Waals surface area contributed by atoms with Crippen molar-refractivity contribution in [2.75, 3.05) is 13.2 Å². The Morgan fingerprint density at radius 2 is 2.30 bits per heavy atom. The van der Waals surface area contributed by atoms with E-state index in [-0.39, 0.29) is 6.61 Å². The summed E-state index contributed by atoms with van der Waals surface area (Å²) in [6.07, 6.45) is -1.06. The van der Waals surface area contributed by atoms with E-state index in [1.165, 1.54) is 0 Å². The van der Waals surface area contributed by atoms with Crippen LogP contribution < -0.4 is 0 Å². The number of aliphatic hydroxyl groups excluding tert-OH is 2. The molecule has 60 valence electrons. The van der Waals surface area contributed by atoms with Crippen LogP contribution in [-0.4, -0.2) is 35.0 Å². The van der Waals surface area contributed by atoms with E-state index >= 15 is 0 Å². The van der Waals surface area contributed by atoms with Gasteiger partial charge in [-0.3, -0.25) is 4.89 Å². The van der Waals surface area contributed by atoms with E-state index in [0.717, 1.165) is 0 Å². The second kappa shape index (κ2) is 5.43. The van der Waals surface area contributed by atoms with Gasteiger partial charge in [0.15, 0.2) is 0 Å². The Morgan fingerprint density at radius 1 is 1.70 bits per heavy atom. The maximum Gasteiger partial charge on any atom is 0.435 e. The molecule has 0 aliphatic heterocycles. The molecule has 0 amide bonds. The molecule has 0 fully saturated rings. The first kappa shape index (κ1) is 9.64. The zero-order valence-corrected chi connectivity index (χ0v) is 5.74. The minimum atomic E-state index is -1.12. The van der Waals surface area contributed by atoms with Crippen LogP contribution in [0.15, 0.2) is 0 Å². The third-order valence-corrected chi connectivity index (χ3v) is 0.659. The second-order valence-electron chi connectivity index (χ2n) is 1.44. The largest absolute Gasteiger partial charge is 0.435 e.